The third-order valence-electron chi connectivity index (χ3n) is 15.4. The van der Waals surface area contributed by atoms with Gasteiger partial charge in [-0.05, 0) is 97.6 Å². The van der Waals surface area contributed by atoms with Gasteiger partial charge in [0.2, 0.25) is 0 Å². The Balaban J connectivity index is 0.000000206. The van der Waals surface area contributed by atoms with Crippen LogP contribution in [0, 0.1) is 5.92 Å². The second kappa shape index (κ2) is 45.0. The number of anilines is 5. The summed E-state index contributed by atoms with van der Waals surface area (Å²) in [6.07, 6.45) is 13.0. The van der Waals surface area contributed by atoms with Crippen molar-refractivity contribution < 1.29 is 47.4 Å². The number of unbranched alkanes of at least 4 members (excludes halogenated alkanes) is 3. The van der Waals surface area contributed by atoms with Crippen molar-refractivity contribution in [1.82, 2.24) is 47.8 Å². The van der Waals surface area contributed by atoms with Crippen molar-refractivity contribution in [2.45, 2.75) is 178 Å². The molecule has 35 heteroatoms. The summed E-state index contributed by atoms with van der Waals surface area (Å²) in [5, 5.41) is 5.87. The van der Waals surface area contributed by atoms with Gasteiger partial charge < -0.3 is 72.7 Å². The van der Waals surface area contributed by atoms with Gasteiger partial charge >= 0.3 is 28.4 Å². The molecule has 0 aliphatic carbocycles. The number of hydrogen-bond acceptors (Lipinski definition) is 30. The van der Waals surface area contributed by atoms with Gasteiger partial charge in [0.15, 0.2) is 0 Å². The zero-order valence-electron chi connectivity index (χ0n) is 64.5. The molecule has 5 aromatic rings. The second-order valence-electron chi connectivity index (χ2n) is 27.7. The summed E-state index contributed by atoms with van der Waals surface area (Å²) in [6.45, 7) is 28.3. The molecule has 0 saturated carbocycles. The van der Waals surface area contributed by atoms with Gasteiger partial charge in [-0.25, -0.2) is 24.0 Å². The Kier molecular flexibility index (Phi) is 38.0. The Labute approximate surface area is 639 Å². The third-order valence-corrected chi connectivity index (χ3v) is 20.8. The lowest BCUT2D eigenvalue weighted by Gasteiger charge is -2.22. The Morgan fingerprint density at radius 3 is 1.05 bits per heavy atom. The fourth-order valence-electron chi connectivity index (χ4n) is 9.78. The molecule has 5 aliphatic heterocycles. The van der Waals surface area contributed by atoms with Crippen LogP contribution >= 0.6 is 58.8 Å². The molecule has 0 unspecified atom stereocenters. The minimum atomic E-state index is -0.295. The van der Waals surface area contributed by atoms with Gasteiger partial charge in [0.05, 0.1) is 44.2 Å². The first-order valence-corrected chi connectivity index (χ1v) is 41.0. The molecule has 0 amide bonds. The maximum Gasteiger partial charge on any atom is 0.351 e. The zero-order chi connectivity index (χ0) is 76.8. The van der Waals surface area contributed by atoms with Gasteiger partial charge in [0, 0.05) is 135 Å². The number of nitrogens with zero attached hydrogens (tertiary/aromatic N) is 13. The van der Waals surface area contributed by atoms with Crippen molar-refractivity contribution in [3.63, 3.8) is 0 Å². The Morgan fingerprint density at radius 1 is 0.448 bits per heavy atom. The van der Waals surface area contributed by atoms with Gasteiger partial charge in [0.25, 0.3) is 0 Å². The van der Waals surface area contributed by atoms with Crippen LogP contribution in [0.3, 0.4) is 0 Å². The van der Waals surface area contributed by atoms with Crippen molar-refractivity contribution in [3.05, 3.63) is 114 Å². The number of hydrogen-bond donors (Lipinski definition) is 2. The molecule has 5 aromatic heterocycles. The highest BCUT2D eigenvalue weighted by Crippen LogP contribution is 2.36. The fourth-order valence-corrected chi connectivity index (χ4v) is 14.8. The summed E-state index contributed by atoms with van der Waals surface area (Å²) in [5.74, 6) is 7.29. The minimum Gasteiger partial charge on any atom is -0.378 e. The highest BCUT2D eigenvalue weighted by molar-refractivity contribution is 8.00. The van der Waals surface area contributed by atoms with E-state index in [0.717, 1.165) is 74.4 Å². The summed E-state index contributed by atoms with van der Waals surface area (Å²) >= 11 is 8.34. The lowest BCUT2D eigenvalue weighted by atomic mass is 10.2. The number of nitrogens with one attached hydrogen (secondary N) is 2. The number of ether oxygens (including phenoxy) is 10. The summed E-state index contributed by atoms with van der Waals surface area (Å²) in [6, 6.07) is 9.01. The highest BCUT2D eigenvalue weighted by Gasteiger charge is 2.34. The van der Waals surface area contributed by atoms with Crippen molar-refractivity contribution in [1.29, 1.82) is 0 Å². The lowest BCUT2D eigenvalue weighted by Crippen LogP contribution is -2.30. The van der Waals surface area contributed by atoms with Gasteiger partial charge in [-0.2, -0.15) is 24.9 Å². The maximum atomic E-state index is 12.1. The molecule has 0 radical (unpaired) electrons. The van der Waals surface area contributed by atoms with E-state index in [0.29, 0.717) is 68.0 Å². The number of rotatable bonds is 30. The molecule has 30 nitrogen and oxygen atoms in total. The molecular weight excluding hydrogens is 1450 g/mol. The van der Waals surface area contributed by atoms with Crippen LogP contribution in [-0.2, 0) is 47.4 Å². The van der Waals surface area contributed by atoms with Crippen LogP contribution in [0.5, 0.6) is 0 Å². The van der Waals surface area contributed by atoms with E-state index >= 15 is 0 Å². The monoisotopic (exact) mass is 1570 g/mol. The standard InChI is InChI=1S/5C14H23N3O3S/c1-14(2,3)19-8-12-20-11(9-21-12)17-7-6-10(16(4)5)15-13(17)18;1-10(2)7-19-8-13-20-12(9-21-13)17-6-5-11(16(3)4)15-14(17)18;1-5-15-10-6-7-17(13(18)16-10)11-9-21-12(20-11)8-19-14(2,3)4;1-4-5-8-19-9-13-20-12(10-21-13)17-7-6-11(16(2)3)15-14(17)18;1-3-4-5-8-19-9-13-20-12(10-21-13)17-7-6-11(15-2)16-14(17)18/h6-7,11-12H,8-9H2,1-5H3;5-6,10,12-13H,7-9H2,1-4H3;6-7,11-12H,5,8-9H2,1-4H3,(H,15,16,18);6-7,12-13H,4-5,8-10H2,1-3H3;6-7,12-13H,3-5,8-10H2,1-2H3,(H,15,16,18)/t11-,12+;12-,13+;11-,12+;2*12-,13+/m11111/s1. The van der Waals surface area contributed by atoms with Crippen LogP contribution in [0.4, 0.5) is 29.1 Å². The molecule has 5 aliphatic rings. The maximum absolute atomic E-state index is 12.1. The Hall–Kier alpha value is -5.25. The molecule has 2 N–H and O–H groups in total. The fraction of sp³-hybridized carbons (Fsp3) is 0.714. The van der Waals surface area contributed by atoms with Crippen LogP contribution in [0.2, 0.25) is 0 Å². The van der Waals surface area contributed by atoms with Gasteiger partial charge in [-0.15, -0.1) is 58.8 Å². The molecule has 10 atom stereocenters. The molecule has 5 fully saturated rings. The minimum absolute atomic E-state index is 0.00694. The van der Waals surface area contributed by atoms with E-state index < -0.39 is 0 Å². The predicted octanol–water partition coefficient (Wildman–Crippen LogP) is 9.15. The van der Waals surface area contributed by atoms with Crippen molar-refractivity contribution in [2.24, 2.45) is 5.92 Å². The Morgan fingerprint density at radius 2 is 0.752 bits per heavy atom. The van der Waals surface area contributed by atoms with E-state index in [2.05, 4.69) is 63.2 Å². The summed E-state index contributed by atoms with van der Waals surface area (Å²) in [7, 11) is 12.9. The molecule has 590 valence electrons. The first-order valence-electron chi connectivity index (χ1n) is 35.7. The number of aromatic nitrogens is 10. The van der Waals surface area contributed by atoms with E-state index in [4.69, 9.17) is 47.4 Å². The van der Waals surface area contributed by atoms with Crippen LogP contribution in [0.1, 0.15) is 139 Å². The molecule has 5 saturated heterocycles. The van der Waals surface area contributed by atoms with Gasteiger partial charge in [-0.1, -0.05) is 47.0 Å². The largest absolute Gasteiger partial charge is 0.378 e. The van der Waals surface area contributed by atoms with E-state index in [9.17, 15) is 24.0 Å². The molecular formula is C70H115N15O15S5. The highest BCUT2D eigenvalue weighted by atomic mass is 32.2. The molecule has 10 heterocycles. The van der Waals surface area contributed by atoms with Crippen molar-refractivity contribution in [2.75, 3.05) is 163 Å². The topological polar surface area (TPSA) is 301 Å². The quantitative estimate of drug-likeness (QED) is 0.0405. The van der Waals surface area contributed by atoms with Crippen LogP contribution in [-0.4, -0.2) is 224 Å². The third kappa shape index (κ3) is 31.0. The smallest absolute Gasteiger partial charge is 0.351 e. The molecule has 0 spiro atoms. The Bertz CT molecular complexity index is 3670. The summed E-state index contributed by atoms with van der Waals surface area (Å²) < 4.78 is 65.2. The van der Waals surface area contributed by atoms with E-state index in [-0.39, 0.29) is 98.0 Å². The summed E-state index contributed by atoms with van der Waals surface area (Å²) in [4.78, 5) is 85.5. The molecule has 0 bridgehead atoms. The zero-order valence-corrected chi connectivity index (χ0v) is 68.6. The second-order valence-corrected chi connectivity index (χ2v) is 33.6. The van der Waals surface area contributed by atoms with E-state index in [1.54, 1.807) is 133 Å². The SMILES string of the molecule is CC(C)COC[C@H]1O[C@@H](n2ccc(N(C)C)nc2=O)CS1.CCCCCOC[C@H]1O[C@@H](n2ccc(NC)nc2=O)CS1.CCCCOC[C@H]1O[C@@H](n2ccc(N(C)C)nc2=O)CS1.CCNc1ccn([C@H]2CS[C@@H](COC(C)(C)C)O2)c(=O)n1.CN(C)c1ccn([C@H]2CS[C@@H](COC(C)(C)C)O2)c(=O)n1. The van der Waals surface area contributed by atoms with Gasteiger partial charge in [0.1, 0.15) is 87.4 Å². The first kappa shape index (κ1) is 88.7. The average molecular weight is 1570 g/mol. The molecule has 10 rings (SSSR count). The van der Waals surface area contributed by atoms with Crippen LogP contribution < -0.4 is 53.8 Å². The predicted molar refractivity (Wildman–Crippen MR) is 424 cm³/mol. The van der Waals surface area contributed by atoms with Gasteiger partial charge in [-0.3, -0.25) is 22.8 Å². The normalized spacial score (nSPS) is 22.0. The van der Waals surface area contributed by atoms with Crippen molar-refractivity contribution >= 4 is 87.9 Å². The summed E-state index contributed by atoms with van der Waals surface area (Å²) in [5.41, 5.74) is -1.94. The van der Waals surface area contributed by atoms with Crippen molar-refractivity contribution in [3.8, 4) is 0 Å². The average Bonchev–Trinajstić information content (AvgIpc) is 1.78. The van der Waals surface area contributed by atoms with E-state index in [1.807, 2.05) is 109 Å². The lowest BCUT2D eigenvalue weighted by molar-refractivity contribution is -0.0684. The van der Waals surface area contributed by atoms with Crippen LogP contribution in [0.25, 0.3) is 0 Å². The molecule has 105 heavy (non-hydrogen) atoms. The van der Waals surface area contributed by atoms with E-state index in [1.165, 1.54) is 26.5 Å². The number of thioether (sulfide) groups is 5. The molecule has 0 aromatic carbocycles. The van der Waals surface area contributed by atoms with Crippen LogP contribution in [0.15, 0.2) is 85.3 Å². The first-order chi connectivity index (χ1) is 50.0.